The molecule has 3 saturated carbocycles. The number of aromatic amines is 1. The number of hydrogen-bond acceptors (Lipinski definition) is 4. The summed E-state index contributed by atoms with van der Waals surface area (Å²) in [6.45, 7) is 11.0. The first-order valence-electron chi connectivity index (χ1n) is 15.5. The van der Waals surface area contributed by atoms with E-state index >= 15 is 0 Å². The molecular weight excluding hydrogens is 541 g/mol. The standard InChI is InChI=1S/C34H40FN7O/c1-20-5-6-22(27(35)13-20)9-11-42-19-38-30-16-24(7-8-25(30)32(42)43)39-33(41-12-10-28-31(17-41)37-18-36-28)40-29-15-23-14-26(21(29)2)34(23,3)4/h5-8,13,16,18-19,21,23,26,29H,9-12,14-15,17H2,1-4H3,(H,36,37)(H,39,40)/t21-,23-,26?,29-/m0/s1. The second kappa shape index (κ2) is 10.6. The summed E-state index contributed by atoms with van der Waals surface area (Å²) in [5.41, 5.74) is 5.48. The largest absolute Gasteiger partial charge is 0.347 e. The van der Waals surface area contributed by atoms with Crippen LogP contribution in [0.15, 0.2) is 58.8 Å². The van der Waals surface area contributed by atoms with E-state index in [1.165, 1.54) is 12.5 Å². The molecule has 3 heterocycles. The summed E-state index contributed by atoms with van der Waals surface area (Å²) in [7, 11) is 0. The Balaban J connectivity index is 1.14. The molecule has 3 aliphatic carbocycles. The smallest absolute Gasteiger partial charge is 0.261 e. The van der Waals surface area contributed by atoms with Crippen LogP contribution in [0.3, 0.4) is 0 Å². The molecular formula is C34H40FN7O. The predicted molar refractivity (Wildman–Crippen MR) is 168 cm³/mol. The highest BCUT2D eigenvalue weighted by Gasteiger charge is 2.56. The highest BCUT2D eigenvalue weighted by molar-refractivity contribution is 5.96. The fourth-order valence-electron chi connectivity index (χ4n) is 7.66. The number of guanidine groups is 1. The van der Waals surface area contributed by atoms with E-state index in [1.54, 1.807) is 23.3 Å². The molecule has 2 aromatic heterocycles. The molecule has 0 amide bonds. The summed E-state index contributed by atoms with van der Waals surface area (Å²) < 4.78 is 15.9. The Morgan fingerprint density at radius 3 is 2.84 bits per heavy atom. The fraction of sp³-hybridized carbons (Fsp3) is 0.471. The van der Waals surface area contributed by atoms with Crippen molar-refractivity contribution >= 4 is 22.5 Å². The minimum atomic E-state index is -0.240. The quantitative estimate of drug-likeness (QED) is 0.233. The number of nitrogens with one attached hydrogen (secondary N) is 2. The van der Waals surface area contributed by atoms with E-state index in [0.29, 0.717) is 46.7 Å². The Bertz CT molecular complexity index is 1770. The Labute approximate surface area is 251 Å². The van der Waals surface area contributed by atoms with Crippen molar-refractivity contribution in [1.29, 1.82) is 0 Å². The molecule has 0 spiro atoms. The molecule has 2 bridgehead atoms. The third-order valence-electron chi connectivity index (χ3n) is 10.6. The van der Waals surface area contributed by atoms with E-state index in [9.17, 15) is 9.18 Å². The zero-order valence-electron chi connectivity index (χ0n) is 25.4. The number of nitrogens with zero attached hydrogens (tertiary/aromatic N) is 5. The number of H-pyrrole nitrogens is 1. The SMILES string of the molecule is Cc1ccc(CCn2cnc3cc(NC(=N[C@H]4C[C@@H]5CC([C@@H]4C)C5(C)C)N4CCc5nc[nH]c5C4)ccc3c2=O)c(F)c1. The summed E-state index contributed by atoms with van der Waals surface area (Å²) >= 11 is 0. The number of hydrogen-bond donors (Lipinski definition) is 2. The molecule has 0 radical (unpaired) electrons. The van der Waals surface area contributed by atoms with Gasteiger partial charge in [-0.05, 0) is 84.7 Å². The molecule has 3 fully saturated rings. The number of aryl methyl sites for hydroxylation is 3. The number of aromatic nitrogens is 4. The molecule has 1 aliphatic heterocycles. The normalized spacial score (nSPS) is 24.5. The second-order valence-corrected chi connectivity index (χ2v) is 13.4. The lowest BCUT2D eigenvalue weighted by Crippen LogP contribution is -2.56. The Hall–Kier alpha value is -4.01. The van der Waals surface area contributed by atoms with Crippen LogP contribution in [0.2, 0.25) is 0 Å². The van der Waals surface area contributed by atoms with Crippen LogP contribution in [0.1, 0.15) is 56.1 Å². The van der Waals surface area contributed by atoms with Crippen molar-refractivity contribution in [3.63, 3.8) is 0 Å². The van der Waals surface area contributed by atoms with E-state index in [1.807, 2.05) is 31.2 Å². The van der Waals surface area contributed by atoms with Crippen molar-refractivity contribution in [3.05, 3.63) is 87.7 Å². The Kier molecular flexibility index (Phi) is 6.86. The van der Waals surface area contributed by atoms with Gasteiger partial charge in [-0.3, -0.25) is 9.36 Å². The highest BCUT2D eigenvalue weighted by Crippen LogP contribution is 2.61. The molecule has 9 heteroatoms. The van der Waals surface area contributed by atoms with Gasteiger partial charge in [-0.25, -0.2) is 19.4 Å². The van der Waals surface area contributed by atoms with Crippen LogP contribution in [-0.2, 0) is 25.9 Å². The molecule has 8 nitrogen and oxygen atoms in total. The summed E-state index contributed by atoms with van der Waals surface area (Å²) in [6, 6.07) is 11.2. The first kappa shape index (κ1) is 27.8. The van der Waals surface area contributed by atoms with Gasteiger partial charge in [0, 0.05) is 25.2 Å². The van der Waals surface area contributed by atoms with Crippen LogP contribution in [0.5, 0.6) is 0 Å². The van der Waals surface area contributed by atoms with Crippen LogP contribution in [0.25, 0.3) is 10.9 Å². The highest BCUT2D eigenvalue weighted by atomic mass is 19.1. The number of fused-ring (bicyclic) bond motifs is 4. The zero-order chi connectivity index (χ0) is 29.9. The van der Waals surface area contributed by atoms with Gasteiger partial charge in [0.1, 0.15) is 5.82 Å². The molecule has 1 unspecified atom stereocenters. The predicted octanol–water partition coefficient (Wildman–Crippen LogP) is 5.71. The van der Waals surface area contributed by atoms with Gasteiger partial charge in [0.15, 0.2) is 5.96 Å². The summed E-state index contributed by atoms with van der Waals surface area (Å²) in [6.07, 6.45) is 7.06. The van der Waals surface area contributed by atoms with Gasteiger partial charge in [-0.2, -0.15) is 0 Å². The zero-order valence-corrected chi connectivity index (χ0v) is 25.4. The molecule has 4 aromatic rings. The maximum Gasteiger partial charge on any atom is 0.261 e. The van der Waals surface area contributed by atoms with Gasteiger partial charge in [-0.15, -0.1) is 0 Å². The first-order valence-corrected chi connectivity index (χ1v) is 15.5. The molecule has 43 heavy (non-hydrogen) atoms. The van der Waals surface area contributed by atoms with Crippen LogP contribution < -0.4 is 10.9 Å². The number of aliphatic imine (C=N–C) groups is 1. The van der Waals surface area contributed by atoms with Crippen molar-refractivity contribution in [1.82, 2.24) is 24.4 Å². The molecule has 8 rings (SSSR count). The third kappa shape index (κ3) is 5.02. The fourth-order valence-corrected chi connectivity index (χ4v) is 7.66. The van der Waals surface area contributed by atoms with Gasteiger partial charge in [0.25, 0.3) is 5.56 Å². The van der Waals surface area contributed by atoms with Crippen molar-refractivity contribution in [2.24, 2.45) is 28.2 Å². The van der Waals surface area contributed by atoms with Gasteiger partial charge in [-0.1, -0.05) is 32.9 Å². The monoisotopic (exact) mass is 581 g/mol. The average molecular weight is 582 g/mol. The van der Waals surface area contributed by atoms with Crippen molar-refractivity contribution < 1.29 is 4.39 Å². The van der Waals surface area contributed by atoms with Gasteiger partial charge >= 0.3 is 0 Å². The van der Waals surface area contributed by atoms with E-state index < -0.39 is 0 Å². The van der Waals surface area contributed by atoms with E-state index in [-0.39, 0.29) is 17.4 Å². The van der Waals surface area contributed by atoms with Crippen LogP contribution >= 0.6 is 0 Å². The van der Waals surface area contributed by atoms with Gasteiger partial charge in [0.05, 0.1) is 47.5 Å². The Morgan fingerprint density at radius 2 is 2.05 bits per heavy atom. The lowest BCUT2D eigenvalue weighted by atomic mass is 9.45. The molecule has 2 N–H and O–H groups in total. The summed E-state index contributed by atoms with van der Waals surface area (Å²) in [5.74, 6) is 2.57. The first-order chi connectivity index (χ1) is 20.7. The molecule has 2 aromatic carbocycles. The minimum absolute atomic E-state index is 0.126. The number of rotatable bonds is 5. The van der Waals surface area contributed by atoms with Crippen molar-refractivity contribution in [2.75, 3.05) is 11.9 Å². The van der Waals surface area contributed by atoms with Crippen molar-refractivity contribution in [3.8, 4) is 0 Å². The van der Waals surface area contributed by atoms with E-state index in [4.69, 9.17) is 4.99 Å². The second-order valence-electron chi connectivity index (χ2n) is 13.4. The molecule has 0 saturated heterocycles. The maximum absolute atomic E-state index is 14.3. The lowest BCUT2D eigenvalue weighted by Gasteiger charge is -2.61. The third-order valence-corrected chi connectivity index (χ3v) is 10.6. The van der Waals surface area contributed by atoms with Crippen LogP contribution in [-0.4, -0.2) is 43.0 Å². The summed E-state index contributed by atoms with van der Waals surface area (Å²) in [4.78, 5) is 33.4. The van der Waals surface area contributed by atoms with Crippen LogP contribution in [0, 0.1) is 35.9 Å². The summed E-state index contributed by atoms with van der Waals surface area (Å²) in [5, 5.41) is 4.17. The molecule has 224 valence electrons. The topological polar surface area (TPSA) is 91.2 Å². The number of anilines is 1. The number of imidazole rings is 1. The Morgan fingerprint density at radius 1 is 1.19 bits per heavy atom. The number of halogens is 1. The lowest BCUT2D eigenvalue weighted by molar-refractivity contribution is -0.108. The molecule has 4 atom stereocenters. The number of benzene rings is 2. The van der Waals surface area contributed by atoms with Crippen LogP contribution in [0.4, 0.5) is 10.1 Å². The van der Waals surface area contributed by atoms with Crippen molar-refractivity contribution in [2.45, 2.75) is 72.5 Å². The van der Waals surface area contributed by atoms with Gasteiger partial charge in [0.2, 0.25) is 0 Å². The maximum atomic E-state index is 14.3. The van der Waals surface area contributed by atoms with E-state index in [0.717, 1.165) is 60.4 Å². The minimum Gasteiger partial charge on any atom is -0.347 e. The molecule has 4 aliphatic rings. The average Bonchev–Trinajstić information content (AvgIpc) is 3.46. The van der Waals surface area contributed by atoms with E-state index in [2.05, 4.69) is 45.9 Å². The van der Waals surface area contributed by atoms with Gasteiger partial charge < -0.3 is 15.2 Å².